The van der Waals surface area contributed by atoms with E-state index in [0.29, 0.717) is 5.75 Å². The number of non-ortho nitro benzene ring substituents is 1. The number of hydrogen-bond donors (Lipinski definition) is 1. The van der Waals surface area contributed by atoms with E-state index in [1.807, 2.05) is 39.0 Å². The fraction of sp³-hybridized carbons (Fsp3) is 0.316. The fourth-order valence-corrected chi connectivity index (χ4v) is 2.59. The van der Waals surface area contributed by atoms with Crippen LogP contribution in [0.4, 0.5) is 11.4 Å². The van der Waals surface area contributed by atoms with Crippen molar-refractivity contribution in [2.45, 2.75) is 39.7 Å². The Labute approximate surface area is 157 Å². The fourth-order valence-electron chi connectivity index (χ4n) is 2.42. The van der Waals surface area contributed by atoms with E-state index >= 15 is 0 Å². The van der Waals surface area contributed by atoms with E-state index in [0.717, 1.165) is 11.1 Å². The number of nitrogens with one attached hydrogen (secondary N) is 1. The van der Waals surface area contributed by atoms with Crippen LogP contribution in [0.5, 0.6) is 5.75 Å². The normalized spacial score (nSPS) is 11.9. The van der Waals surface area contributed by atoms with E-state index in [4.69, 9.17) is 16.3 Å². The molecule has 0 radical (unpaired) electrons. The minimum atomic E-state index is -0.801. The van der Waals surface area contributed by atoms with Gasteiger partial charge >= 0.3 is 0 Å². The van der Waals surface area contributed by atoms with E-state index in [1.54, 1.807) is 6.92 Å². The summed E-state index contributed by atoms with van der Waals surface area (Å²) in [6.45, 7) is 7.66. The van der Waals surface area contributed by atoms with Gasteiger partial charge in [0.25, 0.3) is 11.6 Å². The molecule has 0 aliphatic heterocycles. The maximum atomic E-state index is 12.5. The number of aryl methyl sites for hydroxylation is 1. The second kappa shape index (κ2) is 8.19. The third-order valence-corrected chi connectivity index (χ3v) is 4.21. The smallest absolute Gasteiger partial charge is 0.271 e. The van der Waals surface area contributed by atoms with Crippen LogP contribution < -0.4 is 10.1 Å². The molecule has 0 spiro atoms. The van der Waals surface area contributed by atoms with Gasteiger partial charge in [0.05, 0.1) is 15.6 Å². The minimum Gasteiger partial charge on any atom is -0.481 e. The lowest BCUT2D eigenvalue weighted by molar-refractivity contribution is -0.384. The Morgan fingerprint density at radius 3 is 2.50 bits per heavy atom. The zero-order chi connectivity index (χ0) is 19.4. The lowest BCUT2D eigenvalue weighted by atomic mass is 10.0. The molecule has 0 unspecified atom stereocenters. The molecule has 0 bridgehead atoms. The lowest BCUT2D eigenvalue weighted by Gasteiger charge is -2.19. The topological polar surface area (TPSA) is 81.5 Å². The molecule has 0 aliphatic rings. The average molecular weight is 377 g/mol. The van der Waals surface area contributed by atoms with Gasteiger partial charge in [-0.2, -0.15) is 0 Å². The second-order valence-electron chi connectivity index (χ2n) is 6.37. The van der Waals surface area contributed by atoms with Gasteiger partial charge in [-0.3, -0.25) is 14.9 Å². The van der Waals surface area contributed by atoms with Crippen LogP contribution in [-0.2, 0) is 4.79 Å². The van der Waals surface area contributed by atoms with Crippen LogP contribution in [0, 0.1) is 17.0 Å². The van der Waals surface area contributed by atoms with Crippen molar-refractivity contribution >= 4 is 28.9 Å². The summed E-state index contributed by atoms with van der Waals surface area (Å²) in [5.74, 6) is 0.448. The van der Waals surface area contributed by atoms with Crippen molar-refractivity contribution in [1.29, 1.82) is 0 Å². The SMILES string of the molecule is Cc1ccc(C(C)C)c(O[C@@H](C)C(=O)Nc2cc([N+](=O)[O-])ccc2Cl)c1. The molecule has 6 nitrogen and oxygen atoms in total. The average Bonchev–Trinajstić information content (AvgIpc) is 2.56. The van der Waals surface area contributed by atoms with Crippen LogP contribution >= 0.6 is 11.6 Å². The van der Waals surface area contributed by atoms with Crippen molar-refractivity contribution in [3.05, 3.63) is 62.7 Å². The number of nitrogens with zero attached hydrogens (tertiary/aromatic N) is 1. The number of nitro benzene ring substituents is 1. The summed E-state index contributed by atoms with van der Waals surface area (Å²) in [6, 6.07) is 9.74. The van der Waals surface area contributed by atoms with Gasteiger partial charge in [-0.25, -0.2) is 0 Å². The summed E-state index contributed by atoms with van der Waals surface area (Å²) in [4.78, 5) is 22.8. The quantitative estimate of drug-likeness (QED) is 0.562. The predicted molar refractivity (Wildman–Crippen MR) is 102 cm³/mol. The highest BCUT2D eigenvalue weighted by Crippen LogP contribution is 2.29. The molecule has 0 saturated heterocycles. The minimum absolute atomic E-state index is 0.154. The Balaban J connectivity index is 2.18. The van der Waals surface area contributed by atoms with Crippen LogP contribution in [-0.4, -0.2) is 16.9 Å². The van der Waals surface area contributed by atoms with E-state index in [2.05, 4.69) is 5.32 Å². The third kappa shape index (κ3) is 4.73. The molecule has 138 valence electrons. The number of ether oxygens (including phenoxy) is 1. The molecule has 0 heterocycles. The highest BCUT2D eigenvalue weighted by molar-refractivity contribution is 6.33. The molecular weight excluding hydrogens is 356 g/mol. The number of amides is 1. The van der Waals surface area contributed by atoms with Gasteiger partial charge < -0.3 is 10.1 Å². The van der Waals surface area contributed by atoms with Crippen LogP contribution in [0.3, 0.4) is 0 Å². The van der Waals surface area contributed by atoms with Gasteiger partial charge in [-0.15, -0.1) is 0 Å². The first-order valence-corrected chi connectivity index (χ1v) is 8.59. The molecule has 0 saturated carbocycles. The number of halogens is 1. The zero-order valence-corrected chi connectivity index (χ0v) is 15.8. The highest BCUT2D eigenvalue weighted by atomic mass is 35.5. The van der Waals surface area contributed by atoms with E-state index in [-0.39, 0.29) is 22.3 Å². The maximum absolute atomic E-state index is 12.5. The molecule has 1 N–H and O–H groups in total. The van der Waals surface area contributed by atoms with E-state index in [9.17, 15) is 14.9 Å². The molecule has 0 aliphatic carbocycles. The van der Waals surface area contributed by atoms with Crippen molar-refractivity contribution in [3.63, 3.8) is 0 Å². The number of benzene rings is 2. The van der Waals surface area contributed by atoms with Gasteiger partial charge in [0.15, 0.2) is 6.10 Å². The van der Waals surface area contributed by atoms with Crippen molar-refractivity contribution < 1.29 is 14.5 Å². The Kier molecular flexibility index (Phi) is 6.21. The van der Waals surface area contributed by atoms with E-state index < -0.39 is 16.9 Å². The molecule has 1 amide bonds. The molecule has 7 heteroatoms. The second-order valence-corrected chi connectivity index (χ2v) is 6.77. The van der Waals surface area contributed by atoms with Crippen LogP contribution in [0.1, 0.15) is 37.8 Å². The van der Waals surface area contributed by atoms with E-state index in [1.165, 1.54) is 18.2 Å². The number of anilines is 1. The summed E-state index contributed by atoms with van der Waals surface area (Å²) in [7, 11) is 0. The Morgan fingerprint density at radius 2 is 1.88 bits per heavy atom. The van der Waals surface area contributed by atoms with Gasteiger partial charge in [-0.05, 0) is 43.0 Å². The Hall–Kier alpha value is -2.60. The highest BCUT2D eigenvalue weighted by Gasteiger charge is 2.20. The molecule has 1 atom stereocenters. The number of nitro groups is 1. The molecule has 2 aromatic rings. The first-order chi connectivity index (χ1) is 12.2. The van der Waals surface area contributed by atoms with Gasteiger partial charge in [0.2, 0.25) is 0 Å². The Morgan fingerprint density at radius 1 is 1.19 bits per heavy atom. The molecule has 0 aromatic heterocycles. The van der Waals surface area contributed by atoms with Crippen molar-refractivity contribution in [2.75, 3.05) is 5.32 Å². The Bertz CT molecular complexity index is 836. The molecular formula is C19H21ClN2O4. The summed E-state index contributed by atoms with van der Waals surface area (Å²) in [5, 5.41) is 13.7. The zero-order valence-electron chi connectivity index (χ0n) is 15.1. The van der Waals surface area contributed by atoms with Crippen molar-refractivity contribution in [3.8, 4) is 5.75 Å². The predicted octanol–water partition coefficient (Wildman–Crippen LogP) is 5.09. The van der Waals surface area contributed by atoms with Crippen molar-refractivity contribution in [2.24, 2.45) is 0 Å². The number of carbonyl (C=O) groups is 1. The van der Waals surface area contributed by atoms with Gasteiger partial charge in [-0.1, -0.05) is 37.6 Å². The molecule has 0 fully saturated rings. The van der Waals surface area contributed by atoms with Crippen molar-refractivity contribution in [1.82, 2.24) is 0 Å². The summed E-state index contributed by atoms with van der Waals surface area (Å²) >= 11 is 6.02. The van der Waals surface area contributed by atoms with Crippen LogP contribution in [0.15, 0.2) is 36.4 Å². The summed E-state index contributed by atoms with van der Waals surface area (Å²) in [5.41, 5.74) is 2.05. The standard InChI is InChI=1S/C19H21ClN2O4/c1-11(2)15-7-5-12(3)9-18(15)26-13(4)19(23)21-17-10-14(22(24)25)6-8-16(17)20/h5-11,13H,1-4H3,(H,21,23)/t13-/m0/s1. The van der Waals surface area contributed by atoms with Gasteiger partial charge in [0.1, 0.15) is 5.75 Å². The summed E-state index contributed by atoms with van der Waals surface area (Å²) in [6.07, 6.45) is -0.801. The van der Waals surface area contributed by atoms with Crippen LogP contribution in [0.25, 0.3) is 0 Å². The molecule has 2 rings (SSSR count). The lowest BCUT2D eigenvalue weighted by Crippen LogP contribution is -2.30. The molecule has 26 heavy (non-hydrogen) atoms. The van der Waals surface area contributed by atoms with Crippen LogP contribution in [0.2, 0.25) is 5.02 Å². The summed E-state index contributed by atoms with van der Waals surface area (Å²) < 4.78 is 5.85. The first-order valence-electron chi connectivity index (χ1n) is 8.21. The number of rotatable bonds is 6. The van der Waals surface area contributed by atoms with Gasteiger partial charge in [0, 0.05) is 12.1 Å². The first kappa shape index (κ1) is 19.7. The third-order valence-electron chi connectivity index (χ3n) is 3.88. The number of hydrogen-bond acceptors (Lipinski definition) is 4. The number of carbonyl (C=O) groups excluding carboxylic acids is 1. The maximum Gasteiger partial charge on any atom is 0.271 e. The monoisotopic (exact) mass is 376 g/mol. The largest absolute Gasteiger partial charge is 0.481 e. The molecule has 2 aromatic carbocycles.